The van der Waals surface area contributed by atoms with Gasteiger partial charge in [0.1, 0.15) is 6.61 Å². The summed E-state index contributed by atoms with van der Waals surface area (Å²) in [5, 5.41) is 1.17. The third-order valence-corrected chi connectivity index (χ3v) is 8.32. The van der Waals surface area contributed by atoms with Gasteiger partial charge in [0.15, 0.2) is 0 Å². The number of hydrogen-bond donors (Lipinski definition) is 0. The molecular formula is C32H28N2O2. The van der Waals surface area contributed by atoms with Gasteiger partial charge in [-0.1, -0.05) is 72.8 Å². The van der Waals surface area contributed by atoms with Crippen LogP contribution in [0.15, 0.2) is 85.1 Å². The number of benzene rings is 3. The Morgan fingerprint density at radius 3 is 2.42 bits per heavy atom. The van der Waals surface area contributed by atoms with E-state index < -0.39 is 0 Å². The van der Waals surface area contributed by atoms with E-state index in [-0.39, 0.29) is 24.1 Å². The van der Waals surface area contributed by atoms with Crippen LogP contribution < -0.4 is 0 Å². The summed E-state index contributed by atoms with van der Waals surface area (Å²) in [4.78, 5) is 20.0. The first-order valence-electron chi connectivity index (χ1n) is 12.9. The molecule has 7 rings (SSSR count). The smallest absolute Gasteiger partial charge is 0.410 e. The van der Waals surface area contributed by atoms with Crippen LogP contribution in [0.3, 0.4) is 0 Å². The van der Waals surface area contributed by atoms with Gasteiger partial charge in [-0.15, -0.1) is 0 Å². The molecule has 4 nitrogen and oxygen atoms in total. The van der Waals surface area contributed by atoms with Gasteiger partial charge in [0.2, 0.25) is 0 Å². The van der Waals surface area contributed by atoms with Crippen LogP contribution in [0, 0.1) is 6.92 Å². The zero-order valence-electron chi connectivity index (χ0n) is 20.4. The fourth-order valence-electron chi connectivity index (χ4n) is 6.62. The van der Waals surface area contributed by atoms with Crippen molar-refractivity contribution in [2.45, 2.75) is 44.2 Å². The second kappa shape index (κ2) is 8.34. The molecule has 0 spiro atoms. The normalized spacial score (nSPS) is 20.2. The highest BCUT2D eigenvalue weighted by Gasteiger charge is 2.41. The molecule has 4 aromatic rings. The lowest BCUT2D eigenvalue weighted by Crippen LogP contribution is -2.43. The molecule has 36 heavy (non-hydrogen) atoms. The minimum atomic E-state index is -0.184. The van der Waals surface area contributed by atoms with Crippen LogP contribution in [0.2, 0.25) is 0 Å². The highest BCUT2D eigenvalue weighted by molar-refractivity contribution is 5.88. The second-order valence-electron chi connectivity index (χ2n) is 10.2. The molecule has 2 unspecified atom stereocenters. The number of aromatic nitrogens is 1. The second-order valence-corrected chi connectivity index (χ2v) is 10.2. The lowest BCUT2D eigenvalue weighted by molar-refractivity contribution is 0.0866. The maximum atomic E-state index is 13.4. The van der Waals surface area contributed by atoms with Crippen molar-refractivity contribution in [2.75, 3.05) is 6.61 Å². The molecule has 3 heterocycles. The summed E-state index contributed by atoms with van der Waals surface area (Å²) in [7, 11) is 0. The van der Waals surface area contributed by atoms with Gasteiger partial charge >= 0.3 is 6.09 Å². The number of nitrogens with zero attached hydrogens (tertiary/aromatic N) is 2. The number of rotatable bonds is 3. The maximum absolute atomic E-state index is 13.4. The fraction of sp³-hybridized carbons (Fsp3) is 0.250. The van der Waals surface area contributed by atoms with Crippen molar-refractivity contribution in [1.82, 2.24) is 9.88 Å². The number of hydrogen-bond acceptors (Lipinski definition) is 3. The highest BCUT2D eigenvalue weighted by atomic mass is 16.6. The Morgan fingerprint density at radius 1 is 0.917 bits per heavy atom. The molecule has 1 aromatic heterocycles. The SMILES string of the molecule is Cc1c(C2=CC3CCC(C2)N3C(=O)OCC2c3ccccc3-c3ccccc32)ccc2cccnc12. The first kappa shape index (κ1) is 21.4. The number of carbonyl (C=O) groups excluding carboxylic acids is 1. The number of fused-ring (bicyclic) bond motifs is 6. The van der Waals surface area contributed by atoms with Crippen LogP contribution in [0.1, 0.15) is 47.4 Å². The summed E-state index contributed by atoms with van der Waals surface area (Å²) < 4.78 is 6.03. The van der Waals surface area contributed by atoms with E-state index in [0.29, 0.717) is 6.61 Å². The number of aryl methyl sites for hydroxylation is 1. The quantitative estimate of drug-likeness (QED) is 0.319. The van der Waals surface area contributed by atoms with E-state index >= 15 is 0 Å². The van der Waals surface area contributed by atoms with Crippen molar-refractivity contribution in [3.63, 3.8) is 0 Å². The molecule has 178 valence electrons. The predicted octanol–water partition coefficient (Wildman–Crippen LogP) is 7.11. The molecule has 4 heteroatoms. The third kappa shape index (κ3) is 3.28. The van der Waals surface area contributed by atoms with Crippen molar-refractivity contribution in [1.29, 1.82) is 0 Å². The van der Waals surface area contributed by atoms with Crippen molar-refractivity contribution < 1.29 is 9.53 Å². The van der Waals surface area contributed by atoms with Gasteiger partial charge in [0, 0.05) is 23.5 Å². The highest BCUT2D eigenvalue weighted by Crippen LogP contribution is 2.45. The average Bonchev–Trinajstić information content (AvgIpc) is 3.38. The van der Waals surface area contributed by atoms with E-state index in [1.165, 1.54) is 44.3 Å². The maximum Gasteiger partial charge on any atom is 0.410 e. The predicted molar refractivity (Wildman–Crippen MR) is 143 cm³/mol. The van der Waals surface area contributed by atoms with Gasteiger partial charge in [-0.25, -0.2) is 4.79 Å². The Labute approximate surface area is 211 Å². The standard InChI is InChI=1S/C32H28N2O2/c1-20-25(15-12-21-7-6-16-33-31(20)21)22-17-23-13-14-24(18-22)34(23)32(35)36-19-30-28-10-4-2-8-26(28)27-9-3-5-11-29(27)30/h2-12,15-17,23-24,30H,13-14,18-19H2,1H3. The lowest BCUT2D eigenvalue weighted by Gasteiger charge is -2.34. The van der Waals surface area contributed by atoms with Gasteiger partial charge in [0.05, 0.1) is 11.6 Å². The van der Waals surface area contributed by atoms with Crippen LogP contribution in [0.4, 0.5) is 4.79 Å². The first-order chi connectivity index (χ1) is 17.7. The van der Waals surface area contributed by atoms with E-state index in [2.05, 4.69) is 84.7 Å². The largest absolute Gasteiger partial charge is 0.448 e. The number of ether oxygens (including phenoxy) is 1. The summed E-state index contributed by atoms with van der Waals surface area (Å²) >= 11 is 0. The molecular weight excluding hydrogens is 444 g/mol. The molecule has 2 atom stereocenters. The Hall–Kier alpha value is -3.92. The van der Waals surface area contributed by atoms with E-state index in [0.717, 1.165) is 24.8 Å². The van der Waals surface area contributed by atoms with Gasteiger partial charge in [0.25, 0.3) is 0 Å². The summed E-state index contributed by atoms with van der Waals surface area (Å²) in [6.45, 7) is 2.53. The Balaban J connectivity index is 1.12. The van der Waals surface area contributed by atoms with Crippen molar-refractivity contribution in [3.05, 3.63) is 107 Å². The van der Waals surface area contributed by atoms with E-state index in [4.69, 9.17) is 4.74 Å². The zero-order chi connectivity index (χ0) is 24.2. The molecule has 3 aromatic carbocycles. The van der Waals surface area contributed by atoms with Crippen LogP contribution in [-0.4, -0.2) is 34.7 Å². The number of amides is 1. The zero-order valence-corrected chi connectivity index (χ0v) is 20.4. The van der Waals surface area contributed by atoms with Crippen molar-refractivity contribution in [2.24, 2.45) is 0 Å². The van der Waals surface area contributed by atoms with Gasteiger partial charge in [-0.3, -0.25) is 9.88 Å². The Morgan fingerprint density at radius 2 is 1.67 bits per heavy atom. The minimum Gasteiger partial charge on any atom is -0.448 e. The number of carbonyl (C=O) groups is 1. The topological polar surface area (TPSA) is 42.4 Å². The Kier molecular flexibility index (Phi) is 4.95. The summed E-state index contributed by atoms with van der Waals surface area (Å²) in [5.41, 5.74) is 9.85. The molecule has 0 N–H and O–H groups in total. The molecule has 1 amide bonds. The molecule has 2 bridgehead atoms. The fourth-order valence-corrected chi connectivity index (χ4v) is 6.62. The van der Waals surface area contributed by atoms with Gasteiger partial charge in [-0.05, 0) is 71.2 Å². The van der Waals surface area contributed by atoms with Crippen molar-refractivity contribution in [3.8, 4) is 11.1 Å². The van der Waals surface area contributed by atoms with Crippen LogP contribution in [0.25, 0.3) is 27.6 Å². The third-order valence-electron chi connectivity index (χ3n) is 8.32. The Bertz CT molecular complexity index is 1490. The van der Waals surface area contributed by atoms with E-state index in [9.17, 15) is 4.79 Å². The van der Waals surface area contributed by atoms with Crippen LogP contribution >= 0.6 is 0 Å². The van der Waals surface area contributed by atoms with Gasteiger partial charge in [-0.2, -0.15) is 0 Å². The molecule has 1 saturated heterocycles. The average molecular weight is 473 g/mol. The molecule has 2 aliphatic heterocycles. The molecule has 0 radical (unpaired) electrons. The molecule has 0 saturated carbocycles. The minimum absolute atomic E-state index is 0.0858. The summed E-state index contributed by atoms with van der Waals surface area (Å²) in [6, 6.07) is 25.7. The van der Waals surface area contributed by atoms with Crippen molar-refractivity contribution >= 4 is 22.6 Å². The molecule has 1 fully saturated rings. The number of pyridine rings is 1. The summed E-state index contributed by atoms with van der Waals surface area (Å²) in [6.07, 6.45) is 6.83. The summed E-state index contributed by atoms with van der Waals surface area (Å²) in [5.74, 6) is 0.0858. The monoisotopic (exact) mass is 472 g/mol. The van der Waals surface area contributed by atoms with E-state index in [1.807, 2.05) is 17.2 Å². The van der Waals surface area contributed by atoms with Gasteiger partial charge < -0.3 is 4.74 Å². The van der Waals surface area contributed by atoms with Crippen LogP contribution in [-0.2, 0) is 4.74 Å². The lowest BCUT2D eigenvalue weighted by atomic mass is 9.91. The van der Waals surface area contributed by atoms with E-state index in [1.54, 1.807) is 0 Å². The first-order valence-corrected chi connectivity index (χ1v) is 12.9. The van der Waals surface area contributed by atoms with Crippen LogP contribution in [0.5, 0.6) is 0 Å². The molecule has 3 aliphatic rings. The molecule has 1 aliphatic carbocycles.